The van der Waals surface area contributed by atoms with Gasteiger partial charge in [0.25, 0.3) is 0 Å². The summed E-state index contributed by atoms with van der Waals surface area (Å²) in [6, 6.07) is -0.853. The van der Waals surface area contributed by atoms with E-state index < -0.39 is 18.1 Å². The van der Waals surface area contributed by atoms with Gasteiger partial charge in [0.05, 0.1) is 0 Å². The van der Waals surface area contributed by atoms with Crippen LogP contribution in [-0.2, 0) is 9.53 Å². The van der Waals surface area contributed by atoms with Crippen LogP contribution in [0.4, 0.5) is 4.79 Å². The molecule has 6 nitrogen and oxygen atoms in total. The predicted octanol–water partition coefficient (Wildman–Crippen LogP) is 2.41. The van der Waals surface area contributed by atoms with Crippen LogP contribution in [0.3, 0.4) is 0 Å². The summed E-state index contributed by atoms with van der Waals surface area (Å²) >= 11 is 0. The van der Waals surface area contributed by atoms with Gasteiger partial charge in [-0.1, -0.05) is 25.7 Å². The molecule has 1 atom stereocenters. The summed E-state index contributed by atoms with van der Waals surface area (Å²) in [7, 11) is 0. The fourth-order valence-electron chi connectivity index (χ4n) is 2.61. The van der Waals surface area contributed by atoms with E-state index in [0.717, 1.165) is 57.8 Å². The molecule has 1 fully saturated rings. The molecule has 1 aliphatic carbocycles. The van der Waals surface area contributed by atoms with Crippen LogP contribution >= 0.6 is 0 Å². The minimum Gasteiger partial charge on any atom is -0.480 e. The van der Waals surface area contributed by atoms with Gasteiger partial charge >= 0.3 is 12.1 Å². The van der Waals surface area contributed by atoms with E-state index >= 15 is 0 Å². The summed E-state index contributed by atoms with van der Waals surface area (Å²) in [4.78, 5) is 22.8. The van der Waals surface area contributed by atoms with Gasteiger partial charge in [-0.15, -0.1) is 0 Å². The zero-order chi connectivity index (χ0) is 15.5. The third-order valence-corrected chi connectivity index (χ3v) is 3.86. The number of hydrogen-bond donors (Lipinski definition) is 3. The maximum absolute atomic E-state index is 11.7. The van der Waals surface area contributed by atoms with Crippen molar-refractivity contribution >= 4 is 12.1 Å². The number of alkyl carbamates (subject to hydrolysis) is 1. The Morgan fingerprint density at radius 1 is 1.14 bits per heavy atom. The number of carboxylic acid groups (broad SMARTS) is 1. The number of nitrogens with two attached hydrogens (primary N) is 1. The van der Waals surface area contributed by atoms with Crippen molar-refractivity contribution in [3.05, 3.63) is 0 Å². The van der Waals surface area contributed by atoms with Crippen LogP contribution in [0.25, 0.3) is 0 Å². The van der Waals surface area contributed by atoms with Crippen LogP contribution < -0.4 is 11.1 Å². The van der Waals surface area contributed by atoms with Gasteiger partial charge in [-0.3, -0.25) is 0 Å². The van der Waals surface area contributed by atoms with E-state index in [2.05, 4.69) is 5.32 Å². The first kappa shape index (κ1) is 17.8. The quantitative estimate of drug-likeness (QED) is 0.538. The van der Waals surface area contributed by atoms with Crippen LogP contribution in [-0.4, -0.2) is 35.9 Å². The van der Waals surface area contributed by atoms with Crippen molar-refractivity contribution in [1.29, 1.82) is 0 Å². The van der Waals surface area contributed by atoms with Gasteiger partial charge in [-0.2, -0.15) is 0 Å². The molecule has 0 spiro atoms. The number of rotatable bonds is 10. The van der Waals surface area contributed by atoms with E-state index in [-0.39, 0.29) is 6.10 Å². The highest BCUT2D eigenvalue weighted by atomic mass is 16.6. The molecule has 21 heavy (non-hydrogen) atoms. The molecule has 0 aliphatic heterocycles. The zero-order valence-electron chi connectivity index (χ0n) is 12.7. The first-order valence-electron chi connectivity index (χ1n) is 8.03. The molecule has 1 saturated carbocycles. The molecule has 1 rings (SSSR count). The molecular weight excluding hydrogens is 272 g/mol. The van der Waals surface area contributed by atoms with E-state index in [1.165, 1.54) is 0 Å². The van der Waals surface area contributed by atoms with E-state index in [1.54, 1.807) is 0 Å². The number of carbonyl (C=O) groups is 2. The monoisotopic (exact) mass is 300 g/mol. The first-order chi connectivity index (χ1) is 10.1. The highest BCUT2D eigenvalue weighted by molar-refractivity contribution is 5.79. The van der Waals surface area contributed by atoms with Crippen molar-refractivity contribution in [2.75, 3.05) is 6.54 Å². The van der Waals surface area contributed by atoms with E-state index in [4.69, 9.17) is 15.6 Å². The second kappa shape index (κ2) is 10.4. The Morgan fingerprint density at radius 2 is 1.76 bits per heavy atom. The second-order valence-corrected chi connectivity index (χ2v) is 5.69. The lowest BCUT2D eigenvalue weighted by molar-refractivity contribution is -0.139. The Kier molecular flexibility index (Phi) is 8.82. The summed E-state index contributed by atoms with van der Waals surface area (Å²) in [5.74, 6) is -1.000. The molecule has 1 aliphatic rings. The van der Waals surface area contributed by atoms with Crippen molar-refractivity contribution in [3.8, 4) is 0 Å². The van der Waals surface area contributed by atoms with Gasteiger partial charge in [0.15, 0.2) is 0 Å². The molecule has 0 aromatic carbocycles. The molecule has 1 amide bonds. The number of aliphatic carboxylic acids is 1. The SMILES string of the molecule is NCCCCCCC[C@H](NC(=O)OC1CCCC1)C(=O)O. The number of nitrogens with one attached hydrogen (secondary N) is 1. The fraction of sp³-hybridized carbons (Fsp3) is 0.867. The molecule has 4 N–H and O–H groups in total. The molecule has 0 bridgehead atoms. The molecule has 0 heterocycles. The van der Waals surface area contributed by atoms with Crippen molar-refractivity contribution in [2.24, 2.45) is 5.73 Å². The molecule has 0 unspecified atom stereocenters. The van der Waals surface area contributed by atoms with Crippen LogP contribution in [0, 0.1) is 0 Å². The zero-order valence-corrected chi connectivity index (χ0v) is 12.7. The van der Waals surface area contributed by atoms with Crippen LogP contribution in [0.2, 0.25) is 0 Å². The lowest BCUT2D eigenvalue weighted by atomic mass is 10.1. The van der Waals surface area contributed by atoms with Crippen LogP contribution in [0.1, 0.15) is 64.2 Å². The molecule has 0 saturated heterocycles. The van der Waals surface area contributed by atoms with Crippen molar-refractivity contribution in [3.63, 3.8) is 0 Å². The van der Waals surface area contributed by atoms with Gasteiger partial charge in [-0.25, -0.2) is 9.59 Å². The normalized spacial score (nSPS) is 16.6. The third kappa shape index (κ3) is 7.90. The average molecular weight is 300 g/mol. The largest absolute Gasteiger partial charge is 0.480 e. The Hall–Kier alpha value is -1.30. The Labute approximate surface area is 126 Å². The van der Waals surface area contributed by atoms with Crippen molar-refractivity contribution in [1.82, 2.24) is 5.32 Å². The molecule has 0 aromatic rings. The lowest BCUT2D eigenvalue weighted by Gasteiger charge is -2.17. The van der Waals surface area contributed by atoms with Crippen molar-refractivity contribution in [2.45, 2.75) is 76.4 Å². The molecule has 0 radical (unpaired) electrons. The van der Waals surface area contributed by atoms with Crippen LogP contribution in [0.5, 0.6) is 0 Å². The predicted molar refractivity (Wildman–Crippen MR) is 80.1 cm³/mol. The number of ether oxygens (including phenoxy) is 1. The van der Waals surface area contributed by atoms with Crippen molar-refractivity contribution < 1.29 is 19.4 Å². The number of hydrogen-bond acceptors (Lipinski definition) is 4. The highest BCUT2D eigenvalue weighted by Crippen LogP contribution is 2.21. The summed E-state index contributed by atoms with van der Waals surface area (Å²) in [6.07, 6.45) is 8.58. The summed E-state index contributed by atoms with van der Waals surface area (Å²) in [6.45, 7) is 0.701. The summed E-state index contributed by atoms with van der Waals surface area (Å²) in [5.41, 5.74) is 5.41. The van der Waals surface area contributed by atoms with Gasteiger partial charge in [0, 0.05) is 0 Å². The molecule has 0 aromatic heterocycles. The van der Waals surface area contributed by atoms with Gasteiger partial charge in [0.1, 0.15) is 12.1 Å². The maximum atomic E-state index is 11.7. The summed E-state index contributed by atoms with van der Waals surface area (Å²) in [5, 5.41) is 11.6. The minimum atomic E-state index is -1.000. The Balaban J connectivity index is 2.19. The number of carbonyl (C=O) groups excluding carboxylic acids is 1. The fourth-order valence-corrected chi connectivity index (χ4v) is 2.61. The van der Waals surface area contributed by atoms with Gasteiger partial charge in [-0.05, 0) is 45.1 Å². The molecule has 6 heteroatoms. The average Bonchev–Trinajstić information content (AvgIpc) is 2.93. The van der Waals surface area contributed by atoms with E-state index in [0.29, 0.717) is 13.0 Å². The highest BCUT2D eigenvalue weighted by Gasteiger charge is 2.23. The van der Waals surface area contributed by atoms with E-state index in [1.807, 2.05) is 0 Å². The maximum Gasteiger partial charge on any atom is 0.408 e. The molecule has 122 valence electrons. The Morgan fingerprint density at radius 3 is 2.38 bits per heavy atom. The third-order valence-electron chi connectivity index (χ3n) is 3.86. The summed E-state index contributed by atoms with van der Waals surface area (Å²) < 4.78 is 5.22. The lowest BCUT2D eigenvalue weighted by Crippen LogP contribution is -2.42. The Bertz CT molecular complexity index is 317. The van der Waals surface area contributed by atoms with E-state index in [9.17, 15) is 9.59 Å². The first-order valence-corrected chi connectivity index (χ1v) is 8.03. The second-order valence-electron chi connectivity index (χ2n) is 5.69. The number of unbranched alkanes of at least 4 members (excludes halogenated alkanes) is 4. The van der Waals surface area contributed by atoms with Gasteiger partial charge in [0.2, 0.25) is 0 Å². The number of carboxylic acids is 1. The van der Waals surface area contributed by atoms with Crippen LogP contribution in [0.15, 0.2) is 0 Å². The van der Waals surface area contributed by atoms with Gasteiger partial charge < -0.3 is 20.9 Å². The standard InChI is InChI=1S/C15H28N2O4/c16-11-7-3-1-2-4-10-13(14(18)19)17-15(20)21-12-8-5-6-9-12/h12-13H,1-11,16H2,(H,17,20)(H,18,19)/t13-/m0/s1. The minimum absolute atomic E-state index is 0.0456. The smallest absolute Gasteiger partial charge is 0.408 e. The molecular formula is C15H28N2O4. The number of amides is 1. The topological polar surface area (TPSA) is 102 Å².